The first-order valence-corrected chi connectivity index (χ1v) is 7.03. The van der Waals surface area contributed by atoms with Crippen LogP contribution in [0, 0.1) is 0 Å². The summed E-state index contributed by atoms with van der Waals surface area (Å²) in [5.41, 5.74) is 13.9. The molecule has 5 nitrogen and oxygen atoms in total. The summed E-state index contributed by atoms with van der Waals surface area (Å²) in [5, 5.41) is 0. The van der Waals surface area contributed by atoms with Crippen LogP contribution in [0.4, 0.5) is 5.69 Å². The third kappa shape index (κ3) is 2.91. The molecular weight excluding hydrogens is 254 g/mol. The van der Waals surface area contributed by atoms with E-state index in [1.165, 1.54) is 0 Å². The Kier molecular flexibility index (Phi) is 4.88. The summed E-state index contributed by atoms with van der Waals surface area (Å²) in [6.07, 6.45) is 1.84. The fraction of sp³-hybridized carbons (Fsp3) is 0.533. The van der Waals surface area contributed by atoms with Gasteiger partial charge in [0, 0.05) is 25.8 Å². The molecule has 1 aliphatic heterocycles. The van der Waals surface area contributed by atoms with E-state index in [4.69, 9.17) is 20.9 Å². The number of nitrogens with two attached hydrogens (primary N) is 2. The predicted octanol–water partition coefficient (Wildman–Crippen LogP) is 1.67. The van der Waals surface area contributed by atoms with Gasteiger partial charge in [-0.2, -0.15) is 0 Å². The second-order valence-electron chi connectivity index (χ2n) is 4.91. The maximum Gasteiger partial charge on any atom is 0.159 e. The van der Waals surface area contributed by atoms with E-state index >= 15 is 0 Å². The second kappa shape index (κ2) is 6.45. The van der Waals surface area contributed by atoms with Gasteiger partial charge >= 0.3 is 0 Å². The number of ether oxygens (including phenoxy) is 2. The van der Waals surface area contributed by atoms with Crippen LogP contribution in [-0.2, 0) is 15.0 Å². The van der Waals surface area contributed by atoms with Gasteiger partial charge in [0.1, 0.15) is 0 Å². The molecule has 5 heteroatoms. The zero-order valence-corrected chi connectivity index (χ0v) is 12.1. The van der Waals surface area contributed by atoms with Gasteiger partial charge in [0.25, 0.3) is 0 Å². The molecule has 0 fully saturated rings. The number of para-hydroxylation sites is 1. The molecule has 20 heavy (non-hydrogen) atoms. The summed E-state index contributed by atoms with van der Waals surface area (Å²) in [7, 11) is 0. The van der Waals surface area contributed by atoms with Gasteiger partial charge in [0.2, 0.25) is 0 Å². The highest BCUT2D eigenvalue weighted by Gasteiger charge is 2.40. The van der Waals surface area contributed by atoms with Gasteiger partial charge < -0.3 is 20.9 Å². The highest BCUT2D eigenvalue weighted by molar-refractivity contribution is 5.76. The fourth-order valence-corrected chi connectivity index (χ4v) is 2.51. The average molecular weight is 277 g/mol. The van der Waals surface area contributed by atoms with E-state index in [0.717, 1.165) is 11.3 Å². The maximum atomic E-state index is 6.60. The summed E-state index contributed by atoms with van der Waals surface area (Å²) < 4.78 is 11.2. The van der Waals surface area contributed by atoms with Crippen molar-refractivity contribution >= 4 is 11.9 Å². The van der Waals surface area contributed by atoms with Crippen molar-refractivity contribution in [3.05, 3.63) is 29.8 Å². The van der Waals surface area contributed by atoms with E-state index in [2.05, 4.69) is 4.99 Å². The lowest BCUT2D eigenvalue weighted by Gasteiger charge is -2.39. The number of hydrogen-bond donors (Lipinski definition) is 2. The molecular formula is C15H23N3O2. The number of fused-ring (bicyclic) bond motifs is 1. The quantitative estimate of drug-likeness (QED) is 0.775. The smallest absolute Gasteiger partial charge is 0.159 e. The van der Waals surface area contributed by atoms with E-state index in [0.29, 0.717) is 19.6 Å². The lowest BCUT2D eigenvalue weighted by molar-refractivity contribution is -0.149. The largest absolute Gasteiger partial charge is 0.353 e. The van der Waals surface area contributed by atoms with E-state index < -0.39 is 5.54 Å². The molecule has 1 aromatic carbocycles. The highest BCUT2D eigenvalue weighted by Crippen LogP contribution is 2.37. The Morgan fingerprint density at radius 2 is 1.90 bits per heavy atom. The van der Waals surface area contributed by atoms with Crippen molar-refractivity contribution in [1.82, 2.24) is 0 Å². The van der Waals surface area contributed by atoms with Crippen molar-refractivity contribution in [1.29, 1.82) is 0 Å². The molecule has 2 unspecified atom stereocenters. The molecule has 1 aliphatic rings. The Labute approximate surface area is 120 Å². The van der Waals surface area contributed by atoms with Crippen LogP contribution < -0.4 is 11.5 Å². The van der Waals surface area contributed by atoms with E-state index in [-0.39, 0.29) is 12.3 Å². The summed E-state index contributed by atoms with van der Waals surface area (Å²) in [6.45, 7) is 5.02. The molecule has 0 bridgehead atoms. The number of nitrogens with zero attached hydrogens (tertiary/aromatic N) is 1. The van der Waals surface area contributed by atoms with Crippen LogP contribution in [0.1, 0.15) is 25.8 Å². The Morgan fingerprint density at radius 1 is 1.25 bits per heavy atom. The molecule has 2 rings (SSSR count). The van der Waals surface area contributed by atoms with Gasteiger partial charge in [-0.1, -0.05) is 18.2 Å². The molecule has 0 aliphatic carbocycles. The maximum absolute atomic E-state index is 6.60. The Morgan fingerprint density at radius 3 is 2.55 bits per heavy atom. The van der Waals surface area contributed by atoms with Crippen LogP contribution in [-0.4, -0.2) is 31.8 Å². The van der Waals surface area contributed by atoms with Crippen molar-refractivity contribution < 1.29 is 9.47 Å². The van der Waals surface area contributed by atoms with E-state index in [9.17, 15) is 0 Å². The van der Waals surface area contributed by atoms with Crippen molar-refractivity contribution in [3.63, 3.8) is 0 Å². The minimum atomic E-state index is -0.729. The van der Waals surface area contributed by atoms with Crippen molar-refractivity contribution in [2.75, 3.05) is 13.2 Å². The minimum absolute atomic E-state index is 0.360. The Hall–Kier alpha value is -1.27. The standard InChI is InChI=1S/C15H23N3O2/c1-3-19-14(20-4-2)9-15(17)11-7-5-6-8-12(11)18-10-13(15)16/h5-8,10,13-14H,3-4,9,16-17H2,1-2H3. The molecule has 0 radical (unpaired) electrons. The van der Waals surface area contributed by atoms with Crippen LogP contribution in [0.3, 0.4) is 0 Å². The second-order valence-corrected chi connectivity index (χ2v) is 4.91. The molecule has 1 heterocycles. The van der Waals surface area contributed by atoms with Gasteiger partial charge in [-0.25, -0.2) is 0 Å². The van der Waals surface area contributed by atoms with Gasteiger partial charge in [-0.3, -0.25) is 4.99 Å². The van der Waals surface area contributed by atoms with Crippen molar-refractivity contribution in [2.45, 2.75) is 38.1 Å². The van der Waals surface area contributed by atoms with Gasteiger partial charge in [-0.15, -0.1) is 0 Å². The molecule has 0 saturated carbocycles. The van der Waals surface area contributed by atoms with Crippen LogP contribution >= 0.6 is 0 Å². The van der Waals surface area contributed by atoms with Crippen LogP contribution in [0.5, 0.6) is 0 Å². The highest BCUT2D eigenvalue weighted by atomic mass is 16.7. The van der Waals surface area contributed by atoms with Gasteiger partial charge in [0.05, 0.1) is 17.3 Å². The van der Waals surface area contributed by atoms with Crippen LogP contribution in [0.2, 0.25) is 0 Å². The summed E-state index contributed by atoms with van der Waals surface area (Å²) in [4.78, 5) is 4.36. The van der Waals surface area contributed by atoms with Crippen molar-refractivity contribution in [2.24, 2.45) is 16.5 Å². The topological polar surface area (TPSA) is 82.9 Å². The molecule has 0 spiro atoms. The first kappa shape index (κ1) is 15.1. The molecule has 4 N–H and O–H groups in total. The summed E-state index contributed by atoms with van der Waals surface area (Å²) >= 11 is 0. The summed E-state index contributed by atoms with van der Waals surface area (Å²) in [6, 6.07) is 7.44. The van der Waals surface area contributed by atoms with Crippen LogP contribution in [0.15, 0.2) is 29.3 Å². The monoisotopic (exact) mass is 277 g/mol. The third-order valence-electron chi connectivity index (χ3n) is 3.58. The predicted molar refractivity (Wildman–Crippen MR) is 80.1 cm³/mol. The van der Waals surface area contributed by atoms with Crippen molar-refractivity contribution in [3.8, 4) is 0 Å². The molecule has 110 valence electrons. The Balaban J connectivity index is 2.29. The summed E-state index contributed by atoms with van der Waals surface area (Å²) in [5.74, 6) is 0. The Bertz CT molecular complexity index is 472. The minimum Gasteiger partial charge on any atom is -0.353 e. The van der Waals surface area contributed by atoms with E-state index in [1.807, 2.05) is 38.1 Å². The number of rotatable bonds is 6. The molecule has 0 amide bonds. The van der Waals surface area contributed by atoms with E-state index in [1.54, 1.807) is 6.21 Å². The fourth-order valence-electron chi connectivity index (χ4n) is 2.51. The zero-order valence-electron chi connectivity index (χ0n) is 12.1. The zero-order chi connectivity index (χ0) is 14.6. The first-order chi connectivity index (χ1) is 9.61. The first-order valence-electron chi connectivity index (χ1n) is 7.03. The molecule has 1 aromatic rings. The molecule has 2 atom stereocenters. The number of benzene rings is 1. The van der Waals surface area contributed by atoms with Gasteiger partial charge in [-0.05, 0) is 25.5 Å². The lowest BCUT2D eigenvalue weighted by Crippen LogP contribution is -2.56. The number of aliphatic imine (C=N–C) groups is 1. The van der Waals surface area contributed by atoms with Crippen LogP contribution in [0.25, 0.3) is 0 Å². The number of hydrogen-bond acceptors (Lipinski definition) is 5. The lowest BCUT2D eigenvalue weighted by atomic mass is 9.79. The molecule has 0 aromatic heterocycles. The average Bonchev–Trinajstić information content (AvgIpc) is 2.44. The normalized spacial score (nSPS) is 24.9. The van der Waals surface area contributed by atoms with Gasteiger partial charge in [0.15, 0.2) is 6.29 Å². The SMILES string of the molecule is CCOC(CC1(N)c2ccccc2N=CC1N)OCC. The third-order valence-corrected chi connectivity index (χ3v) is 3.58. The molecule has 0 saturated heterocycles.